The third-order valence-electron chi connectivity index (χ3n) is 6.50. The minimum atomic E-state index is -3.69. The molecule has 1 N–H and O–H groups in total. The van der Waals surface area contributed by atoms with Crippen LogP contribution in [0.4, 0.5) is 0 Å². The molecule has 3 fully saturated rings. The molecule has 3 aliphatic rings. The van der Waals surface area contributed by atoms with Gasteiger partial charge in [0.25, 0.3) is 0 Å². The van der Waals surface area contributed by atoms with E-state index in [1.165, 1.54) is 0 Å². The molecular formula is C20H26N2O4S. The maximum Gasteiger partial charge on any atom is 0.242 e. The number of nitrogens with one attached hydrogen (secondary N) is 1. The number of hydrogen-bond donors (Lipinski definition) is 1. The molecule has 1 spiro atoms. The van der Waals surface area contributed by atoms with Gasteiger partial charge in [-0.2, -0.15) is 0 Å². The highest BCUT2D eigenvalue weighted by Gasteiger charge is 2.62. The van der Waals surface area contributed by atoms with Gasteiger partial charge in [0.1, 0.15) is 0 Å². The van der Waals surface area contributed by atoms with Crippen molar-refractivity contribution in [3.8, 4) is 0 Å². The molecule has 0 atom stereocenters. The van der Waals surface area contributed by atoms with Gasteiger partial charge in [-0.15, -0.1) is 0 Å². The van der Waals surface area contributed by atoms with Crippen molar-refractivity contribution in [3.05, 3.63) is 30.3 Å². The zero-order valence-electron chi connectivity index (χ0n) is 15.6. The van der Waals surface area contributed by atoms with E-state index in [9.17, 15) is 18.0 Å². The highest BCUT2D eigenvalue weighted by atomic mass is 32.2. The van der Waals surface area contributed by atoms with Crippen molar-refractivity contribution in [1.29, 1.82) is 0 Å². The predicted molar refractivity (Wildman–Crippen MR) is 101 cm³/mol. The Kier molecular flexibility index (Phi) is 4.33. The van der Waals surface area contributed by atoms with Crippen LogP contribution in [-0.4, -0.2) is 48.0 Å². The number of nitrogens with zero attached hydrogens (tertiary/aromatic N) is 1. The van der Waals surface area contributed by atoms with Crippen LogP contribution in [0, 0.1) is 0 Å². The lowest BCUT2D eigenvalue weighted by Crippen LogP contribution is -2.66. The molecule has 1 heterocycles. The molecule has 4 rings (SSSR count). The molecule has 2 saturated carbocycles. The molecule has 0 bridgehead atoms. The van der Waals surface area contributed by atoms with E-state index in [0.29, 0.717) is 12.8 Å². The Morgan fingerprint density at radius 3 is 2.33 bits per heavy atom. The predicted octanol–water partition coefficient (Wildman–Crippen LogP) is 2.04. The standard InChI is InChI=1S/C20H26N2O4S/c1-15(23)22-12-6-5-9-19(22)13-16(14-19)21-18(24)20(10-11-20)27(25,26)17-7-3-2-4-8-17/h2-4,7-8,16H,5-6,9-14H2,1H3,(H,21,24). The monoisotopic (exact) mass is 390 g/mol. The lowest BCUT2D eigenvalue weighted by Gasteiger charge is -2.56. The van der Waals surface area contributed by atoms with Gasteiger partial charge in [0, 0.05) is 25.0 Å². The van der Waals surface area contributed by atoms with Crippen molar-refractivity contribution >= 4 is 21.7 Å². The summed E-state index contributed by atoms with van der Waals surface area (Å²) in [4.78, 5) is 27.0. The first-order chi connectivity index (χ1) is 12.8. The summed E-state index contributed by atoms with van der Waals surface area (Å²) in [6.45, 7) is 2.38. The first-order valence-electron chi connectivity index (χ1n) is 9.70. The summed E-state index contributed by atoms with van der Waals surface area (Å²) in [7, 11) is -3.69. The van der Waals surface area contributed by atoms with Crippen LogP contribution in [0.5, 0.6) is 0 Å². The van der Waals surface area contributed by atoms with Gasteiger partial charge >= 0.3 is 0 Å². The molecule has 1 aromatic rings. The summed E-state index contributed by atoms with van der Waals surface area (Å²) in [5, 5.41) is 2.97. The van der Waals surface area contributed by atoms with E-state index >= 15 is 0 Å². The van der Waals surface area contributed by atoms with Crippen LogP contribution in [0.2, 0.25) is 0 Å². The molecule has 0 aromatic heterocycles. The molecule has 7 heteroatoms. The van der Waals surface area contributed by atoms with Gasteiger partial charge in [-0.25, -0.2) is 8.42 Å². The average molecular weight is 391 g/mol. The van der Waals surface area contributed by atoms with E-state index in [-0.39, 0.29) is 28.3 Å². The summed E-state index contributed by atoms with van der Waals surface area (Å²) in [6.07, 6.45) is 5.26. The molecule has 0 radical (unpaired) electrons. The van der Waals surface area contributed by atoms with E-state index in [0.717, 1.165) is 38.6 Å². The van der Waals surface area contributed by atoms with Gasteiger partial charge < -0.3 is 10.2 Å². The Hall–Kier alpha value is -1.89. The second kappa shape index (κ2) is 6.33. The number of hydrogen-bond acceptors (Lipinski definition) is 4. The van der Waals surface area contributed by atoms with Crippen LogP contribution in [0.15, 0.2) is 35.2 Å². The van der Waals surface area contributed by atoms with Gasteiger partial charge in [0.05, 0.1) is 4.90 Å². The van der Waals surface area contributed by atoms with Crippen LogP contribution in [-0.2, 0) is 19.4 Å². The van der Waals surface area contributed by atoms with Crippen molar-refractivity contribution in [2.24, 2.45) is 0 Å². The molecule has 1 aliphatic heterocycles. The molecule has 146 valence electrons. The van der Waals surface area contributed by atoms with E-state index in [1.807, 2.05) is 4.90 Å². The molecule has 1 aromatic carbocycles. The number of carbonyl (C=O) groups excluding carboxylic acids is 2. The van der Waals surface area contributed by atoms with Crippen LogP contribution >= 0.6 is 0 Å². The largest absolute Gasteiger partial charge is 0.352 e. The van der Waals surface area contributed by atoms with E-state index < -0.39 is 14.6 Å². The summed E-state index contributed by atoms with van der Waals surface area (Å²) < 4.78 is 24.6. The zero-order valence-corrected chi connectivity index (χ0v) is 16.4. The number of rotatable bonds is 4. The van der Waals surface area contributed by atoms with E-state index in [4.69, 9.17) is 0 Å². The van der Waals surface area contributed by atoms with E-state index in [1.54, 1.807) is 37.3 Å². The minimum absolute atomic E-state index is 0.0547. The molecule has 2 aliphatic carbocycles. The molecule has 2 amide bonds. The number of sulfone groups is 1. The Morgan fingerprint density at radius 2 is 1.74 bits per heavy atom. The molecular weight excluding hydrogens is 364 g/mol. The van der Waals surface area contributed by atoms with Crippen molar-refractivity contribution in [3.63, 3.8) is 0 Å². The number of amides is 2. The first kappa shape index (κ1) is 18.5. The number of likely N-dealkylation sites (tertiary alicyclic amines) is 1. The van der Waals surface area contributed by atoms with Crippen molar-refractivity contribution < 1.29 is 18.0 Å². The molecule has 0 unspecified atom stereocenters. The number of carbonyl (C=O) groups is 2. The topological polar surface area (TPSA) is 83.6 Å². The Morgan fingerprint density at radius 1 is 1.07 bits per heavy atom. The second-order valence-corrected chi connectivity index (χ2v) is 10.5. The smallest absolute Gasteiger partial charge is 0.242 e. The second-order valence-electron chi connectivity index (χ2n) is 8.24. The normalized spacial score (nSPS) is 29.1. The fourth-order valence-corrected chi connectivity index (χ4v) is 6.75. The fourth-order valence-electron chi connectivity index (χ4n) is 4.85. The highest BCUT2D eigenvalue weighted by molar-refractivity contribution is 7.94. The van der Waals surface area contributed by atoms with Gasteiger partial charge in [0.15, 0.2) is 14.6 Å². The number of piperidine rings is 1. The first-order valence-corrected chi connectivity index (χ1v) is 11.2. The fraction of sp³-hybridized carbons (Fsp3) is 0.600. The zero-order chi connectivity index (χ0) is 19.3. The third kappa shape index (κ3) is 2.87. The lowest BCUT2D eigenvalue weighted by molar-refractivity contribution is -0.145. The quantitative estimate of drug-likeness (QED) is 0.853. The summed E-state index contributed by atoms with van der Waals surface area (Å²) >= 11 is 0. The average Bonchev–Trinajstić information content (AvgIpc) is 3.44. The lowest BCUT2D eigenvalue weighted by atomic mass is 9.66. The number of benzene rings is 1. The summed E-state index contributed by atoms with van der Waals surface area (Å²) in [6, 6.07) is 8.16. The van der Waals surface area contributed by atoms with Crippen molar-refractivity contribution in [2.75, 3.05) is 6.54 Å². The van der Waals surface area contributed by atoms with E-state index in [2.05, 4.69) is 5.32 Å². The van der Waals surface area contributed by atoms with Crippen LogP contribution in [0.1, 0.15) is 51.9 Å². The Labute approximate surface area is 160 Å². The summed E-state index contributed by atoms with van der Waals surface area (Å²) in [5.41, 5.74) is -0.142. The Bertz CT molecular complexity index is 855. The molecule has 1 saturated heterocycles. The summed E-state index contributed by atoms with van der Waals surface area (Å²) in [5.74, 6) is -0.291. The van der Waals surface area contributed by atoms with Crippen molar-refractivity contribution in [1.82, 2.24) is 10.2 Å². The maximum atomic E-state index is 13.0. The minimum Gasteiger partial charge on any atom is -0.352 e. The SMILES string of the molecule is CC(=O)N1CCCCC12CC(NC(=O)C1(S(=O)(=O)c3ccccc3)CC1)C2. The Balaban J connectivity index is 1.44. The third-order valence-corrected chi connectivity index (χ3v) is 9.02. The maximum absolute atomic E-state index is 13.0. The van der Waals surface area contributed by atoms with Gasteiger partial charge in [0.2, 0.25) is 11.8 Å². The van der Waals surface area contributed by atoms with Gasteiger partial charge in [-0.05, 0) is 57.1 Å². The molecule has 6 nitrogen and oxygen atoms in total. The highest BCUT2D eigenvalue weighted by Crippen LogP contribution is 2.49. The van der Waals surface area contributed by atoms with Crippen LogP contribution in [0.25, 0.3) is 0 Å². The van der Waals surface area contributed by atoms with Gasteiger partial charge in [-0.3, -0.25) is 9.59 Å². The van der Waals surface area contributed by atoms with Crippen LogP contribution in [0.3, 0.4) is 0 Å². The van der Waals surface area contributed by atoms with Crippen LogP contribution < -0.4 is 5.32 Å². The van der Waals surface area contributed by atoms with Gasteiger partial charge in [-0.1, -0.05) is 18.2 Å². The molecule has 27 heavy (non-hydrogen) atoms. The van der Waals surface area contributed by atoms with Crippen molar-refractivity contribution in [2.45, 2.75) is 73.1 Å².